The van der Waals surface area contributed by atoms with Gasteiger partial charge >= 0.3 is 0 Å². The van der Waals surface area contributed by atoms with Gasteiger partial charge in [0.2, 0.25) is 0 Å². The molecule has 0 aliphatic rings. The molecule has 0 fully saturated rings. The summed E-state index contributed by atoms with van der Waals surface area (Å²) in [5, 5.41) is 4.14. The Labute approximate surface area is 134 Å². The van der Waals surface area contributed by atoms with E-state index in [1.165, 1.54) is 6.07 Å². The van der Waals surface area contributed by atoms with Gasteiger partial charge in [-0.15, -0.1) is 11.8 Å². The van der Waals surface area contributed by atoms with Crippen molar-refractivity contribution in [2.24, 2.45) is 0 Å². The first-order valence-corrected chi connectivity index (χ1v) is 8.25. The number of hydrogen-bond donors (Lipinski definition) is 1. The van der Waals surface area contributed by atoms with Gasteiger partial charge in [0.1, 0.15) is 5.82 Å². The molecule has 2 aromatic rings. The Kier molecular flexibility index (Phi) is 6.49. The number of benzene rings is 1. The van der Waals surface area contributed by atoms with Crippen LogP contribution >= 0.6 is 23.4 Å². The van der Waals surface area contributed by atoms with Crippen molar-refractivity contribution in [3.05, 3.63) is 59.1 Å². The summed E-state index contributed by atoms with van der Waals surface area (Å²) in [5.74, 6) is 0.660. The predicted octanol–water partition coefficient (Wildman–Crippen LogP) is 4.19. The fraction of sp³-hybridized carbons (Fsp3) is 0.312. The lowest BCUT2D eigenvalue weighted by molar-refractivity contribution is 0.572. The minimum absolute atomic E-state index is 0.197. The first-order valence-electron chi connectivity index (χ1n) is 6.89. The minimum atomic E-state index is -0.197. The molecule has 0 amide bonds. The van der Waals surface area contributed by atoms with E-state index in [2.05, 4.69) is 17.2 Å². The summed E-state index contributed by atoms with van der Waals surface area (Å²) in [7, 11) is 0. The van der Waals surface area contributed by atoms with Crippen LogP contribution < -0.4 is 5.32 Å². The van der Waals surface area contributed by atoms with E-state index in [9.17, 15) is 4.39 Å². The second-order valence-corrected chi connectivity index (χ2v) is 6.19. The molecule has 0 aliphatic heterocycles. The molecule has 1 aromatic carbocycles. The topological polar surface area (TPSA) is 24.9 Å². The molecule has 1 heterocycles. The van der Waals surface area contributed by atoms with Crippen molar-refractivity contribution >= 4 is 23.4 Å². The van der Waals surface area contributed by atoms with E-state index < -0.39 is 0 Å². The molecule has 0 saturated carbocycles. The zero-order valence-electron chi connectivity index (χ0n) is 11.9. The third-order valence-electron chi connectivity index (χ3n) is 3.06. The van der Waals surface area contributed by atoms with E-state index in [4.69, 9.17) is 11.6 Å². The molecule has 2 nitrogen and oxygen atoms in total. The van der Waals surface area contributed by atoms with Gasteiger partial charge in [0.05, 0.1) is 5.02 Å². The molecule has 0 saturated heterocycles. The summed E-state index contributed by atoms with van der Waals surface area (Å²) in [4.78, 5) is 4.95. The highest BCUT2D eigenvalue weighted by Crippen LogP contribution is 2.22. The van der Waals surface area contributed by atoms with Crippen LogP contribution in [0.5, 0.6) is 0 Å². The first kappa shape index (κ1) is 16.3. The molecule has 5 heteroatoms. The standard InChI is InChI=1S/C16H18ClFN2S/c1-2-20-14(8-12-6-7-19-10-16(12)17)11-21-15-5-3-4-13(18)9-15/h3-7,9-10,14,20H,2,8,11H2,1H3. The smallest absolute Gasteiger partial charge is 0.124 e. The first-order chi connectivity index (χ1) is 10.2. The van der Waals surface area contributed by atoms with Crippen LogP contribution in [0, 0.1) is 5.82 Å². The number of hydrogen-bond acceptors (Lipinski definition) is 3. The third-order valence-corrected chi connectivity index (χ3v) is 4.56. The molecule has 0 spiro atoms. The number of aromatic nitrogens is 1. The van der Waals surface area contributed by atoms with Gasteiger partial charge in [-0.1, -0.05) is 24.6 Å². The van der Waals surface area contributed by atoms with Crippen LogP contribution in [0.15, 0.2) is 47.6 Å². The molecule has 1 aromatic heterocycles. The Bertz CT molecular complexity index is 580. The van der Waals surface area contributed by atoms with Crippen molar-refractivity contribution in [3.63, 3.8) is 0 Å². The zero-order chi connectivity index (χ0) is 15.1. The Morgan fingerprint density at radius 2 is 2.24 bits per heavy atom. The van der Waals surface area contributed by atoms with Crippen LogP contribution in [0.25, 0.3) is 0 Å². The summed E-state index contributed by atoms with van der Waals surface area (Å²) >= 11 is 7.81. The molecule has 0 aliphatic carbocycles. The predicted molar refractivity (Wildman–Crippen MR) is 87.5 cm³/mol. The Morgan fingerprint density at radius 1 is 1.38 bits per heavy atom. The van der Waals surface area contributed by atoms with Gasteiger partial charge in [-0.05, 0) is 42.8 Å². The van der Waals surface area contributed by atoms with Gasteiger partial charge in [0.25, 0.3) is 0 Å². The van der Waals surface area contributed by atoms with E-state index in [1.54, 1.807) is 36.3 Å². The number of pyridine rings is 1. The molecule has 112 valence electrons. The van der Waals surface area contributed by atoms with Crippen LogP contribution in [0.3, 0.4) is 0 Å². The van der Waals surface area contributed by atoms with Crippen LogP contribution in [0.1, 0.15) is 12.5 Å². The number of halogens is 2. The summed E-state index contributed by atoms with van der Waals surface area (Å²) < 4.78 is 13.2. The molecule has 2 rings (SSSR count). The lowest BCUT2D eigenvalue weighted by atomic mass is 10.1. The van der Waals surface area contributed by atoms with Crippen LogP contribution in [-0.2, 0) is 6.42 Å². The average Bonchev–Trinajstić information content (AvgIpc) is 2.47. The van der Waals surface area contributed by atoms with Crippen LogP contribution in [0.2, 0.25) is 5.02 Å². The van der Waals surface area contributed by atoms with Crippen LogP contribution in [0.4, 0.5) is 4.39 Å². The molecule has 0 radical (unpaired) electrons. The fourth-order valence-corrected chi connectivity index (χ4v) is 3.26. The highest BCUT2D eigenvalue weighted by molar-refractivity contribution is 7.99. The monoisotopic (exact) mass is 324 g/mol. The third kappa shape index (κ3) is 5.30. The molecular weight excluding hydrogens is 307 g/mol. The molecule has 0 bridgehead atoms. The van der Waals surface area contributed by atoms with E-state index in [0.29, 0.717) is 5.02 Å². The van der Waals surface area contributed by atoms with Gasteiger partial charge in [-0.2, -0.15) is 0 Å². The maximum absolute atomic E-state index is 13.2. The van der Waals surface area contributed by atoms with Crippen molar-refractivity contribution in [1.29, 1.82) is 0 Å². The number of nitrogens with one attached hydrogen (secondary N) is 1. The minimum Gasteiger partial charge on any atom is -0.313 e. The molecular formula is C16H18ClFN2S. The van der Waals surface area contributed by atoms with Crippen molar-refractivity contribution in [2.45, 2.75) is 24.3 Å². The van der Waals surface area contributed by atoms with Crippen molar-refractivity contribution in [3.8, 4) is 0 Å². The van der Waals surface area contributed by atoms with E-state index in [-0.39, 0.29) is 11.9 Å². The van der Waals surface area contributed by atoms with Crippen molar-refractivity contribution < 1.29 is 4.39 Å². The SMILES string of the molecule is CCNC(CSc1cccc(F)c1)Cc1ccncc1Cl. The van der Waals surface area contributed by atoms with Gasteiger partial charge in [0.15, 0.2) is 0 Å². The summed E-state index contributed by atoms with van der Waals surface area (Å²) in [5.41, 5.74) is 1.08. The number of rotatable bonds is 7. The molecule has 1 unspecified atom stereocenters. The highest BCUT2D eigenvalue weighted by Gasteiger charge is 2.11. The summed E-state index contributed by atoms with van der Waals surface area (Å²) in [6.45, 7) is 2.96. The highest BCUT2D eigenvalue weighted by atomic mass is 35.5. The second-order valence-electron chi connectivity index (χ2n) is 4.69. The average molecular weight is 325 g/mol. The molecule has 1 atom stereocenters. The molecule has 1 N–H and O–H groups in total. The lowest BCUT2D eigenvalue weighted by Crippen LogP contribution is -2.33. The Hall–Kier alpha value is -1.10. The zero-order valence-corrected chi connectivity index (χ0v) is 13.4. The van der Waals surface area contributed by atoms with E-state index in [0.717, 1.165) is 29.2 Å². The van der Waals surface area contributed by atoms with Crippen LogP contribution in [-0.4, -0.2) is 23.3 Å². The van der Waals surface area contributed by atoms with Gasteiger partial charge in [-0.3, -0.25) is 4.98 Å². The van der Waals surface area contributed by atoms with Gasteiger partial charge in [-0.25, -0.2) is 4.39 Å². The van der Waals surface area contributed by atoms with Crippen molar-refractivity contribution in [2.75, 3.05) is 12.3 Å². The summed E-state index contributed by atoms with van der Waals surface area (Å²) in [6.07, 6.45) is 4.25. The van der Waals surface area contributed by atoms with Gasteiger partial charge in [0, 0.05) is 29.1 Å². The summed E-state index contributed by atoms with van der Waals surface area (Å²) in [6, 6.07) is 8.91. The van der Waals surface area contributed by atoms with E-state index >= 15 is 0 Å². The second kappa shape index (κ2) is 8.37. The Morgan fingerprint density at radius 3 is 2.95 bits per heavy atom. The van der Waals surface area contributed by atoms with E-state index in [1.807, 2.05) is 12.1 Å². The fourth-order valence-electron chi connectivity index (χ4n) is 2.07. The van der Waals surface area contributed by atoms with Gasteiger partial charge < -0.3 is 5.32 Å². The quantitative estimate of drug-likeness (QED) is 0.773. The number of thioether (sulfide) groups is 1. The lowest BCUT2D eigenvalue weighted by Gasteiger charge is -2.18. The maximum Gasteiger partial charge on any atom is 0.124 e. The molecule has 21 heavy (non-hydrogen) atoms. The maximum atomic E-state index is 13.2. The number of nitrogens with zero attached hydrogens (tertiary/aromatic N) is 1. The Balaban J connectivity index is 1.97. The number of likely N-dealkylation sites (N-methyl/N-ethyl adjacent to an activating group) is 1. The largest absolute Gasteiger partial charge is 0.313 e. The normalized spacial score (nSPS) is 12.3. The van der Waals surface area contributed by atoms with Crippen molar-refractivity contribution in [1.82, 2.24) is 10.3 Å².